The molecule has 0 saturated heterocycles. The molecule has 3 nitrogen and oxygen atoms in total. The molecule has 0 aliphatic carbocycles. The predicted octanol–water partition coefficient (Wildman–Crippen LogP) is 2.79. The molecule has 1 heterocycles. The van der Waals surface area contributed by atoms with E-state index in [2.05, 4.69) is 10.6 Å². The highest BCUT2D eigenvalue weighted by Gasteiger charge is 2.33. The first kappa shape index (κ1) is 10.3. The number of aryl methyl sites for hydroxylation is 1. The molecule has 0 radical (unpaired) electrons. The van der Waals surface area contributed by atoms with Crippen LogP contribution < -0.4 is 10.6 Å². The number of carbonyl (C=O) groups excluding carboxylic acids is 1. The summed E-state index contributed by atoms with van der Waals surface area (Å²) in [7, 11) is 0. The Morgan fingerprint density at radius 1 is 1.33 bits per heavy atom. The van der Waals surface area contributed by atoms with Gasteiger partial charge in [-0.05, 0) is 38.5 Å². The highest BCUT2D eigenvalue weighted by atomic mass is 35.5. The maximum atomic E-state index is 11.7. The summed E-state index contributed by atoms with van der Waals surface area (Å²) in [6, 6.07) is 3.81. The molecule has 80 valence electrons. The normalized spacial score (nSPS) is 17.7. The van der Waals surface area contributed by atoms with Gasteiger partial charge in [-0.25, -0.2) is 0 Å². The Kier molecular flexibility index (Phi) is 2.15. The second-order valence-corrected chi connectivity index (χ2v) is 4.78. The first-order valence-corrected chi connectivity index (χ1v) is 5.18. The van der Waals surface area contributed by atoms with Crippen molar-refractivity contribution in [3.05, 3.63) is 22.7 Å². The van der Waals surface area contributed by atoms with E-state index in [4.69, 9.17) is 11.6 Å². The van der Waals surface area contributed by atoms with Crippen LogP contribution in [0.15, 0.2) is 12.1 Å². The molecule has 2 rings (SSSR count). The lowest BCUT2D eigenvalue weighted by molar-refractivity contribution is -0.119. The molecule has 1 aromatic rings. The molecule has 0 atom stereocenters. The van der Waals surface area contributed by atoms with Gasteiger partial charge in [-0.1, -0.05) is 11.6 Å². The lowest BCUT2D eigenvalue weighted by atomic mass is 9.99. The molecule has 0 unspecified atom stereocenters. The van der Waals surface area contributed by atoms with Crippen molar-refractivity contribution in [3.8, 4) is 0 Å². The van der Waals surface area contributed by atoms with Crippen LogP contribution in [-0.4, -0.2) is 11.4 Å². The minimum atomic E-state index is -0.593. The number of fused-ring (bicyclic) bond motifs is 1. The number of halogens is 1. The first-order valence-electron chi connectivity index (χ1n) is 4.80. The Bertz CT molecular complexity index is 440. The molecule has 1 aromatic carbocycles. The van der Waals surface area contributed by atoms with Crippen molar-refractivity contribution in [2.24, 2.45) is 0 Å². The Morgan fingerprint density at radius 3 is 2.67 bits per heavy atom. The van der Waals surface area contributed by atoms with Gasteiger partial charge in [0.25, 0.3) is 0 Å². The fourth-order valence-corrected chi connectivity index (χ4v) is 1.95. The second kappa shape index (κ2) is 3.14. The molecule has 2 N–H and O–H groups in total. The largest absolute Gasteiger partial charge is 0.370 e. The monoisotopic (exact) mass is 224 g/mol. The summed E-state index contributed by atoms with van der Waals surface area (Å²) in [6.07, 6.45) is 0. The number of nitrogens with one attached hydrogen (secondary N) is 2. The number of rotatable bonds is 0. The van der Waals surface area contributed by atoms with Crippen LogP contribution in [0.25, 0.3) is 0 Å². The third-order valence-corrected chi connectivity index (χ3v) is 2.79. The average molecular weight is 225 g/mol. The molecule has 15 heavy (non-hydrogen) atoms. The Hall–Kier alpha value is -1.22. The van der Waals surface area contributed by atoms with Gasteiger partial charge in [0.2, 0.25) is 5.91 Å². The number of benzene rings is 1. The minimum absolute atomic E-state index is 0.0687. The predicted molar refractivity (Wildman–Crippen MR) is 62.5 cm³/mol. The van der Waals surface area contributed by atoms with Crippen LogP contribution in [0, 0.1) is 6.92 Å². The van der Waals surface area contributed by atoms with Gasteiger partial charge in [0.15, 0.2) is 0 Å². The molecule has 1 amide bonds. The number of hydrogen-bond donors (Lipinski definition) is 2. The average Bonchev–Trinajstić information content (AvgIpc) is 2.08. The molecule has 0 bridgehead atoms. The van der Waals surface area contributed by atoms with Gasteiger partial charge in [-0.2, -0.15) is 0 Å². The molecule has 1 aliphatic heterocycles. The van der Waals surface area contributed by atoms with E-state index in [0.29, 0.717) is 10.7 Å². The molecular formula is C11H13ClN2O. The zero-order valence-electron chi connectivity index (χ0n) is 8.94. The van der Waals surface area contributed by atoms with E-state index in [9.17, 15) is 4.79 Å². The molecule has 1 aliphatic rings. The van der Waals surface area contributed by atoms with Crippen LogP contribution in [0.3, 0.4) is 0 Å². The molecule has 4 heteroatoms. The second-order valence-electron chi connectivity index (χ2n) is 4.37. The molecule has 0 fully saturated rings. The first-order chi connectivity index (χ1) is 6.90. The highest BCUT2D eigenvalue weighted by Crippen LogP contribution is 2.37. The van der Waals surface area contributed by atoms with Crippen LogP contribution >= 0.6 is 11.6 Å². The minimum Gasteiger partial charge on any atom is -0.370 e. The molecule has 0 saturated carbocycles. The van der Waals surface area contributed by atoms with E-state index in [-0.39, 0.29) is 5.91 Å². The summed E-state index contributed by atoms with van der Waals surface area (Å²) in [6.45, 7) is 5.64. The van der Waals surface area contributed by atoms with Gasteiger partial charge in [0.05, 0.1) is 16.4 Å². The van der Waals surface area contributed by atoms with Crippen molar-refractivity contribution in [2.75, 3.05) is 10.6 Å². The summed E-state index contributed by atoms with van der Waals surface area (Å²) in [5.74, 6) is -0.0687. The van der Waals surface area contributed by atoms with Gasteiger partial charge in [-0.3, -0.25) is 4.79 Å². The molecular weight excluding hydrogens is 212 g/mol. The SMILES string of the molecule is Cc1cc(Cl)c2c(c1)NC(C)(C)C(=O)N2. The standard InChI is InChI=1S/C11H13ClN2O/c1-6-4-7(12)9-8(5-6)14-11(2,3)10(15)13-9/h4-5,14H,1-3H3,(H,13,15). The van der Waals surface area contributed by atoms with Gasteiger partial charge < -0.3 is 10.6 Å². The third kappa shape index (κ3) is 1.67. The fraction of sp³-hybridized carbons (Fsp3) is 0.364. The smallest absolute Gasteiger partial charge is 0.249 e. The number of anilines is 2. The van der Waals surface area contributed by atoms with E-state index in [1.807, 2.05) is 32.9 Å². The van der Waals surface area contributed by atoms with Crippen molar-refractivity contribution in [1.29, 1.82) is 0 Å². The van der Waals surface area contributed by atoms with Crippen LogP contribution in [0.1, 0.15) is 19.4 Å². The number of carbonyl (C=O) groups is 1. The lowest BCUT2D eigenvalue weighted by Gasteiger charge is -2.33. The summed E-state index contributed by atoms with van der Waals surface area (Å²) in [5, 5.41) is 6.55. The summed E-state index contributed by atoms with van der Waals surface area (Å²) in [5.41, 5.74) is 2.03. The van der Waals surface area contributed by atoms with Crippen molar-refractivity contribution in [1.82, 2.24) is 0 Å². The van der Waals surface area contributed by atoms with E-state index < -0.39 is 5.54 Å². The van der Waals surface area contributed by atoms with Crippen LogP contribution in [-0.2, 0) is 4.79 Å². The van der Waals surface area contributed by atoms with Crippen LogP contribution in [0.5, 0.6) is 0 Å². The van der Waals surface area contributed by atoms with E-state index >= 15 is 0 Å². The van der Waals surface area contributed by atoms with Gasteiger partial charge in [0, 0.05) is 0 Å². The summed E-state index contributed by atoms with van der Waals surface area (Å²) in [4.78, 5) is 11.7. The van der Waals surface area contributed by atoms with E-state index in [0.717, 1.165) is 11.3 Å². The van der Waals surface area contributed by atoms with Crippen molar-refractivity contribution >= 4 is 28.9 Å². The van der Waals surface area contributed by atoms with Gasteiger partial charge >= 0.3 is 0 Å². The third-order valence-electron chi connectivity index (χ3n) is 2.49. The lowest BCUT2D eigenvalue weighted by Crippen LogP contribution is -2.47. The fourth-order valence-electron chi connectivity index (χ4n) is 1.63. The quantitative estimate of drug-likeness (QED) is 0.712. The van der Waals surface area contributed by atoms with Crippen molar-refractivity contribution in [2.45, 2.75) is 26.3 Å². The molecule has 0 spiro atoms. The van der Waals surface area contributed by atoms with Gasteiger partial charge in [0.1, 0.15) is 5.54 Å². The molecule has 0 aromatic heterocycles. The summed E-state index contributed by atoms with van der Waals surface area (Å²) < 4.78 is 0. The Balaban J connectivity index is 2.55. The maximum Gasteiger partial charge on any atom is 0.249 e. The Labute approximate surface area is 93.8 Å². The van der Waals surface area contributed by atoms with Crippen LogP contribution in [0.2, 0.25) is 5.02 Å². The Morgan fingerprint density at radius 2 is 2.00 bits per heavy atom. The maximum absolute atomic E-state index is 11.7. The highest BCUT2D eigenvalue weighted by molar-refractivity contribution is 6.35. The van der Waals surface area contributed by atoms with Crippen LogP contribution in [0.4, 0.5) is 11.4 Å². The topological polar surface area (TPSA) is 41.1 Å². The van der Waals surface area contributed by atoms with E-state index in [1.54, 1.807) is 0 Å². The zero-order valence-corrected chi connectivity index (χ0v) is 9.70. The van der Waals surface area contributed by atoms with Crippen molar-refractivity contribution in [3.63, 3.8) is 0 Å². The number of hydrogen-bond acceptors (Lipinski definition) is 2. The van der Waals surface area contributed by atoms with Crippen molar-refractivity contribution < 1.29 is 4.79 Å². The van der Waals surface area contributed by atoms with Gasteiger partial charge in [-0.15, -0.1) is 0 Å². The summed E-state index contributed by atoms with van der Waals surface area (Å²) >= 11 is 6.05. The zero-order chi connectivity index (χ0) is 11.2. The van der Waals surface area contributed by atoms with E-state index in [1.165, 1.54) is 0 Å². The number of amides is 1.